The van der Waals surface area contributed by atoms with Gasteiger partial charge >= 0.3 is 0 Å². The molecule has 1 aromatic rings. The van der Waals surface area contributed by atoms with Crippen molar-refractivity contribution in [3.63, 3.8) is 0 Å². The molecule has 1 aromatic carbocycles. The van der Waals surface area contributed by atoms with Gasteiger partial charge in [0, 0.05) is 18.5 Å². The molecular formula is C13H18FNOS. The van der Waals surface area contributed by atoms with Crippen LogP contribution in [0.3, 0.4) is 0 Å². The summed E-state index contributed by atoms with van der Waals surface area (Å²) in [5.74, 6) is 1.84. The van der Waals surface area contributed by atoms with E-state index < -0.39 is 0 Å². The van der Waals surface area contributed by atoms with Gasteiger partial charge in [0.05, 0.1) is 0 Å². The molecule has 0 amide bonds. The number of benzene rings is 1. The summed E-state index contributed by atoms with van der Waals surface area (Å²) in [6.07, 6.45) is 4.25. The highest BCUT2D eigenvalue weighted by Gasteiger charge is 2.22. The molecule has 0 bridgehead atoms. The Labute approximate surface area is 106 Å². The first-order valence-corrected chi connectivity index (χ1v) is 7.33. The summed E-state index contributed by atoms with van der Waals surface area (Å²) in [6, 6.07) is 4.74. The van der Waals surface area contributed by atoms with Crippen molar-refractivity contribution in [1.29, 1.82) is 0 Å². The first-order valence-electron chi connectivity index (χ1n) is 5.94. The van der Waals surface area contributed by atoms with Crippen LogP contribution >= 0.6 is 11.8 Å². The average Bonchev–Trinajstić information content (AvgIpc) is 2.70. The highest BCUT2D eigenvalue weighted by atomic mass is 32.2. The van der Waals surface area contributed by atoms with Crippen molar-refractivity contribution < 1.29 is 9.13 Å². The molecule has 0 saturated heterocycles. The summed E-state index contributed by atoms with van der Waals surface area (Å²) in [4.78, 5) is 0. The van der Waals surface area contributed by atoms with Crippen LogP contribution in [0.5, 0.6) is 5.75 Å². The van der Waals surface area contributed by atoms with E-state index in [0.29, 0.717) is 0 Å². The van der Waals surface area contributed by atoms with E-state index >= 15 is 0 Å². The van der Waals surface area contributed by atoms with Gasteiger partial charge < -0.3 is 10.1 Å². The summed E-state index contributed by atoms with van der Waals surface area (Å²) in [5.41, 5.74) is 0.987. The smallest absolute Gasteiger partial charge is 0.123 e. The average molecular weight is 255 g/mol. The lowest BCUT2D eigenvalue weighted by Gasteiger charge is -2.11. The fourth-order valence-electron chi connectivity index (χ4n) is 2.01. The van der Waals surface area contributed by atoms with Gasteiger partial charge in [0.25, 0.3) is 0 Å². The van der Waals surface area contributed by atoms with Crippen molar-refractivity contribution in [2.24, 2.45) is 0 Å². The Morgan fingerprint density at radius 1 is 1.53 bits per heavy atom. The molecule has 1 aliphatic rings. The molecule has 0 spiro atoms. The van der Waals surface area contributed by atoms with Crippen LogP contribution in [0.2, 0.25) is 0 Å². The Balaban J connectivity index is 1.73. The van der Waals surface area contributed by atoms with E-state index in [0.717, 1.165) is 30.8 Å². The Kier molecular flexibility index (Phi) is 4.68. The predicted molar refractivity (Wildman–Crippen MR) is 70.4 cm³/mol. The van der Waals surface area contributed by atoms with Crippen LogP contribution in [-0.2, 0) is 6.42 Å². The molecular weight excluding hydrogens is 237 g/mol. The number of thioether (sulfide) groups is 1. The maximum Gasteiger partial charge on any atom is 0.123 e. The lowest BCUT2D eigenvalue weighted by atomic mass is 10.1. The lowest BCUT2D eigenvalue weighted by Crippen LogP contribution is -2.30. The number of ether oxygens (including phenoxy) is 1. The SMILES string of the molecule is CSCCCNCC1Cc2cc(F)ccc2O1. The molecule has 0 radical (unpaired) electrons. The Morgan fingerprint density at radius 2 is 2.41 bits per heavy atom. The molecule has 17 heavy (non-hydrogen) atoms. The Hall–Kier alpha value is -0.740. The van der Waals surface area contributed by atoms with Crippen molar-refractivity contribution in [1.82, 2.24) is 5.32 Å². The number of halogens is 1. The van der Waals surface area contributed by atoms with Crippen LogP contribution in [0.25, 0.3) is 0 Å². The molecule has 2 nitrogen and oxygen atoms in total. The molecule has 1 aliphatic heterocycles. The first-order chi connectivity index (χ1) is 8.29. The van der Waals surface area contributed by atoms with Crippen LogP contribution in [0.15, 0.2) is 18.2 Å². The minimum Gasteiger partial charge on any atom is -0.488 e. The van der Waals surface area contributed by atoms with Gasteiger partial charge in [-0.05, 0) is 43.2 Å². The minimum absolute atomic E-state index is 0.154. The van der Waals surface area contributed by atoms with Crippen LogP contribution < -0.4 is 10.1 Å². The van der Waals surface area contributed by atoms with Crippen molar-refractivity contribution in [3.05, 3.63) is 29.6 Å². The molecule has 0 aliphatic carbocycles. The van der Waals surface area contributed by atoms with E-state index in [9.17, 15) is 4.39 Å². The zero-order chi connectivity index (χ0) is 12.1. The molecule has 0 aromatic heterocycles. The number of rotatable bonds is 6. The summed E-state index contributed by atoms with van der Waals surface area (Å²) < 4.78 is 18.7. The van der Waals surface area contributed by atoms with Gasteiger partial charge in [0.15, 0.2) is 0 Å². The third-order valence-electron chi connectivity index (χ3n) is 2.84. The van der Waals surface area contributed by atoms with Gasteiger partial charge in [-0.3, -0.25) is 0 Å². The van der Waals surface area contributed by atoms with Gasteiger partial charge in [-0.2, -0.15) is 11.8 Å². The van der Waals surface area contributed by atoms with E-state index in [1.54, 1.807) is 12.1 Å². The molecule has 1 atom stereocenters. The maximum atomic E-state index is 13.0. The molecule has 1 N–H and O–H groups in total. The topological polar surface area (TPSA) is 21.3 Å². The highest BCUT2D eigenvalue weighted by molar-refractivity contribution is 7.98. The zero-order valence-corrected chi connectivity index (χ0v) is 10.9. The molecule has 0 fully saturated rings. The van der Waals surface area contributed by atoms with E-state index in [4.69, 9.17) is 4.74 Å². The van der Waals surface area contributed by atoms with Crippen molar-refractivity contribution in [2.75, 3.05) is 25.1 Å². The number of hydrogen-bond acceptors (Lipinski definition) is 3. The number of fused-ring (bicyclic) bond motifs is 1. The third-order valence-corrected chi connectivity index (χ3v) is 3.53. The monoisotopic (exact) mass is 255 g/mol. The molecule has 94 valence electrons. The second-order valence-electron chi connectivity index (χ2n) is 4.25. The van der Waals surface area contributed by atoms with E-state index in [1.807, 2.05) is 11.8 Å². The zero-order valence-electron chi connectivity index (χ0n) is 10.0. The number of hydrogen-bond donors (Lipinski definition) is 1. The first kappa shape index (κ1) is 12.7. The van der Waals surface area contributed by atoms with Crippen LogP contribution in [0, 0.1) is 5.82 Å². The van der Waals surface area contributed by atoms with Crippen LogP contribution in [0.4, 0.5) is 4.39 Å². The summed E-state index contributed by atoms with van der Waals surface area (Å²) in [5, 5.41) is 3.38. The largest absolute Gasteiger partial charge is 0.488 e. The van der Waals surface area contributed by atoms with Crippen LogP contribution in [-0.4, -0.2) is 31.2 Å². The number of nitrogens with one attached hydrogen (secondary N) is 1. The van der Waals surface area contributed by atoms with Gasteiger partial charge in [-0.25, -0.2) is 4.39 Å². The molecule has 0 saturated carbocycles. The Morgan fingerprint density at radius 3 is 3.24 bits per heavy atom. The molecule has 2 rings (SSSR count). The van der Waals surface area contributed by atoms with E-state index in [1.165, 1.54) is 18.2 Å². The fraction of sp³-hybridized carbons (Fsp3) is 0.538. The predicted octanol–water partition coefficient (Wildman–Crippen LogP) is 2.47. The molecule has 4 heteroatoms. The molecule has 1 heterocycles. The lowest BCUT2D eigenvalue weighted by molar-refractivity contribution is 0.228. The molecule has 1 unspecified atom stereocenters. The van der Waals surface area contributed by atoms with Gasteiger partial charge in [-0.1, -0.05) is 0 Å². The van der Waals surface area contributed by atoms with Crippen molar-refractivity contribution in [3.8, 4) is 5.75 Å². The Bertz CT molecular complexity index is 372. The quantitative estimate of drug-likeness (QED) is 0.789. The van der Waals surface area contributed by atoms with E-state index in [-0.39, 0.29) is 11.9 Å². The summed E-state index contributed by atoms with van der Waals surface area (Å²) in [6.45, 7) is 1.86. The summed E-state index contributed by atoms with van der Waals surface area (Å²) in [7, 11) is 0. The highest BCUT2D eigenvalue weighted by Crippen LogP contribution is 2.28. The minimum atomic E-state index is -0.180. The van der Waals surface area contributed by atoms with Crippen molar-refractivity contribution >= 4 is 11.8 Å². The standard InChI is InChI=1S/C13H18FNOS/c1-17-6-2-5-15-9-12-8-10-7-11(14)3-4-13(10)16-12/h3-4,7,12,15H,2,5-6,8-9H2,1H3. The second kappa shape index (κ2) is 6.26. The summed E-state index contributed by atoms with van der Waals surface area (Å²) >= 11 is 1.86. The fourth-order valence-corrected chi connectivity index (χ4v) is 2.44. The van der Waals surface area contributed by atoms with Crippen LogP contribution in [0.1, 0.15) is 12.0 Å². The van der Waals surface area contributed by atoms with Gasteiger partial charge in [0.1, 0.15) is 17.7 Å². The second-order valence-corrected chi connectivity index (χ2v) is 5.23. The third kappa shape index (κ3) is 3.61. The normalized spacial score (nSPS) is 17.9. The van der Waals surface area contributed by atoms with Crippen molar-refractivity contribution in [2.45, 2.75) is 18.9 Å². The van der Waals surface area contributed by atoms with Gasteiger partial charge in [0.2, 0.25) is 0 Å². The maximum absolute atomic E-state index is 13.0. The van der Waals surface area contributed by atoms with Gasteiger partial charge in [-0.15, -0.1) is 0 Å². The van der Waals surface area contributed by atoms with E-state index in [2.05, 4.69) is 11.6 Å².